The lowest BCUT2D eigenvalue weighted by Crippen LogP contribution is -2.38. The van der Waals surface area contributed by atoms with E-state index in [0.717, 1.165) is 8.95 Å². The van der Waals surface area contributed by atoms with Gasteiger partial charge < -0.3 is 20.1 Å². The highest BCUT2D eigenvalue weighted by molar-refractivity contribution is 9.10. The van der Waals surface area contributed by atoms with E-state index in [1.165, 1.54) is 0 Å². The van der Waals surface area contributed by atoms with Crippen molar-refractivity contribution in [2.45, 2.75) is 0 Å². The average Bonchev–Trinajstić information content (AvgIpc) is 2.64. The number of hydrogen-bond acceptors (Lipinski definition) is 4. The minimum Gasteiger partial charge on any atom is -0.484 e. The van der Waals surface area contributed by atoms with Crippen LogP contribution in [0.3, 0.4) is 0 Å². The van der Waals surface area contributed by atoms with Crippen LogP contribution in [0.2, 0.25) is 0 Å². The Morgan fingerprint density at radius 1 is 0.692 bits per heavy atom. The predicted octanol–water partition coefficient (Wildman–Crippen LogP) is 2.90. The molecule has 0 spiro atoms. The van der Waals surface area contributed by atoms with Crippen LogP contribution in [-0.4, -0.2) is 38.1 Å². The summed E-state index contributed by atoms with van der Waals surface area (Å²) < 4.78 is 12.6. The summed E-state index contributed by atoms with van der Waals surface area (Å²) in [4.78, 5) is 23.4. The second kappa shape index (κ2) is 10.8. The zero-order chi connectivity index (χ0) is 18.8. The Bertz CT molecular complexity index is 657. The van der Waals surface area contributed by atoms with E-state index in [2.05, 4.69) is 42.5 Å². The fraction of sp³-hybridized carbons (Fsp3) is 0.222. The van der Waals surface area contributed by atoms with Gasteiger partial charge in [0, 0.05) is 22.0 Å². The van der Waals surface area contributed by atoms with Crippen molar-refractivity contribution < 1.29 is 19.1 Å². The molecule has 0 radical (unpaired) electrons. The van der Waals surface area contributed by atoms with Crippen molar-refractivity contribution in [2.75, 3.05) is 26.3 Å². The summed E-state index contributed by atoms with van der Waals surface area (Å²) in [6.45, 7) is 0.462. The molecule has 0 aliphatic heterocycles. The molecule has 0 saturated carbocycles. The number of carbonyl (C=O) groups is 2. The summed E-state index contributed by atoms with van der Waals surface area (Å²) in [5.74, 6) is 0.713. The van der Waals surface area contributed by atoms with E-state index in [4.69, 9.17) is 9.47 Å². The summed E-state index contributed by atoms with van der Waals surface area (Å²) in [7, 11) is 0. The van der Waals surface area contributed by atoms with Gasteiger partial charge in [-0.2, -0.15) is 0 Å². The van der Waals surface area contributed by atoms with Crippen molar-refractivity contribution in [3.8, 4) is 11.5 Å². The van der Waals surface area contributed by atoms with Crippen molar-refractivity contribution >= 4 is 43.7 Å². The summed E-state index contributed by atoms with van der Waals surface area (Å²) in [6.07, 6.45) is 0. The first-order valence-corrected chi connectivity index (χ1v) is 9.41. The molecule has 2 N–H and O–H groups in total. The molecule has 0 saturated heterocycles. The molecule has 0 unspecified atom stereocenters. The van der Waals surface area contributed by atoms with Gasteiger partial charge >= 0.3 is 0 Å². The van der Waals surface area contributed by atoms with Gasteiger partial charge in [0.05, 0.1) is 0 Å². The van der Waals surface area contributed by atoms with Crippen molar-refractivity contribution in [1.29, 1.82) is 0 Å². The van der Waals surface area contributed by atoms with Gasteiger partial charge in [-0.3, -0.25) is 9.59 Å². The highest BCUT2D eigenvalue weighted by Gasteiger charge is 2.05. The molecule has 0 aromatic heterocycles. The number of benzene rings is 2. The zero-order valence-electron chi connectivity index (χ0n) is 13.8. The van der Waals surface area contributed by atoms with E-state index >= 15 is 0 Å². The van der Waals surface area contributed by atoms with Gasteiger partial charge in [-0.1, -0.05) is 31.9 Å². The fourth-order valence-corrected chi connectivity index (χ4v) is 2.39. The molecule has 0 fully saturated rings. The first-order chi connectivity index (χ1) is 12.5. The van der Waals surface area contributed by atoms with Gasteiger partial charge in [-0.05, 0) is 48.5 Å². The van der Waals surface area contributed by atoms with Crippen LogP contribution in [0.25, 0.3) is 0 Å². The van der Waals surface area contributed by atoms with Crippen LogP contribution < -0.4 is 20.1 Å². The number of rotatable bonds is 9. The number of nitrogens with one attached hydrogen (secondary N) is 2. The van der Waals surface area contributed by atoms with Gasteiger partial charge in [0.1, 0.15) is 11.5 Å². The summed E-state index contributed by atoms with van der Waals surface area (Å²) >= 11 is 6.65. The smallest absolute Gasteiger partial charge is 0.258 e. The summed E-state index contributed by atoms with van der Waals surface area (Å²) in [5, 5.41) is 5.33. The highest BCUT2D eigenvalue weighted by atomic mass is 79.9. The number of amides is 2. The van der Waals surface area contributed by atoms with Gasteiger partial charge in [-0.25, -0.2) is 0 Å². The predicted molar refractivity (Wildman–Crippen MR) is 105 cm³/mol. The van der Waals surface area contributed by atoms with Gasteiger partial charge in [0.15, 0.2) is 13.2 Å². The largest absolute Gasteiger partial charge is 0.484 e. The average molecular weight is 486 g/mol. The minimum atomic E-state index is -0.256. The lowest BCUT2D eigenvalue weighted by atomic mass is 10.3. The third-order valence-corrected chi connectivity index (χ3v) is 4.19. The van der Waals surface area contributed by atoms with E-state index in [1.807, 2.05) is 24.3 Å². The van der Waals surface area contributed by atoms with Crippen LogP contribution in [0.1, 0.15) is 0 Å². The second-order valence-corrected chi connectivity index (χ2v) is 7.02. The molecule has 0 heterocycles. The molecular weight excluding hydrogens is 468 g/mol. The Morgan fingerprint density at radius 2 is 1.04 bits per heavy atom. The Morgan fingerprint density at radius 3 is 1.38 bits per heavy atom. The molecule has 2 rings (SSSR count). The van der Waals surface area contributed by atoms with Crippen LogP contribution in [0.5, 0.6) is 11.5 Å². The second-order valence-electron chi connectivity index (χ2n) is 5.19. The Balaban J connectivity index is 1.54. The molecule has 2 amide bonds. The van der Waals surface area contributed by atoms with Crippen molar-refractivity contribution in [3.05, 3.63) is 57.5 Å². The van der Waals surface area contributed by atoms with Gasteiger partial charge in [-0.15, -0.1) is 0 Å². The molecule has 0 aliphatic rings. The maximum Gasteiger partial charge on any atom is 0.258 e. The maximum absolute atomic E-state index is 11.7. The van der Waals surface area contributed by atoms with E-state index in [1.54, 1.807) is 24.3 Å². The van der Waals surface area contributed by atoms with E-state index in [9.17, 15) is 9.59 Å². The van der Waals surface area contributed by atoms with E-state index in [0.29, 0.717) is 24.6 Å². The molecule has 0 atom stereocenters. The third kappa shape index (κ3) is 7.88. The molecule has 8 heteroatoms. The number of halogens is 2. The van der Waals surface area contributed by atoms with Crippen molar-refractivity contribution in [1.82, 2.24) is 10.6 Å². The van der Waals surface area contributed by atoms with Crippen LogP contribution in [0.4, 0.5) is 0 Å². The molecule has 2 aromatic rings. The number of hydrogen-bond donors (Lipinski definition) is 2. The SMILES string of the molecule is O=C(COc1ccc(Br)cc1)NCCNC(=O)COc1ccc(Br)cc1. The lowest BCUT2D eigenvalue weighted by Gasteiger charge is -2.09. The normalized spacial score (nSPS) is 10.1. The molecule has 138 valence electrons. The van der Waals surface area contributed by atoms with Crippen LogP contribution in [0, 0.1) is 0 Å². The molecule has 26 heavy (non-hydrogen) atoms. The fourth-order valence-electron chi connectivity index (χ4n) is 1.87. The van der Waals surface area contributed by atoms with Crippen LogP contribution in [0.15, 0.2) is 57.5 Å². The number of ether oxygens (including phenoxy) is 2. The van der Waals surface area contributed by atoms with Crippen molar-refractivity contribution in [2.24, 2.45) is 0 Å². The Kier molecular flexibility index (Phi) is 8.43. The van der Waals surface area contributed by atoms with Gasteiger partial charge in [0.25, 0.3) is 11.8 Å². The Hall–Kier alpha value is -2.06. The third-order valence-electron chi connectivity index (χ3n) is 3.14. The number of carbonyl (C=O) groups excluding carboxylic acids is 2. The summed E-state index contributed by atoms with van der Waals surface area (Å²) in [5.41, 5.74) is 0. The quantitative estimate of drug-likeness (QED) is 0.535. The van der Waals surface area contributed by atoms with Crippen molar-refractivity contribution in [3.63, 3.8) is 0 Å². The molecule has 2 aromatic carbocycles. The Labute approximate surface area is 168 Å². The topological polar surface area (TPSA) is 76.7 Å². The highest BCUT2D eigenvalue weighted by Crippen LogP contribution is 2.16. The van der Waals surface area contributed by atoms with E-state index < -0.39 is 0 Å². The van der Waals surface area contributed by atoms with Gasteiger partial charge in [0.2, 0.25) is 0 Å². The summed E-state index contributed by atoms with van der Waals surface area (Å²) in [6, 6.07) is 14.4. The minimum absolute atomic E-state index is 0.0811. The monoisotopic (exact) mass is 484 g/mol. The lowest BCUT2D eigenvalue weighted by molar-refractivity contribution is -0.124. The van der Waals surface area contributed by atoms with Crippen LogP contribution >= 0.6 is 31.9 Å². The first kappa shape index (κ1) is 20.3. The molecule has 6 nitrogen and oxygen atoms in total. The van der Waals surface area contributed by atoms with Crippen LogP contribution in [-0.2, 0) is 9.59 Å². The maximum atomic E-state index is 11.7. The molecule has 0 bridgehead atoms. The molecule has 0 aliphatic carbocycles. The molecular formula is C18H18Br2N2O4. The van der Waals surface area contributed by atoms with E-state index in [-0.39, 0.29) is 25.0 Å². The standard InChI is InChI=1S/C18H18Br2N2O4/c19-13-1-5-15(6-2-13)25-11-17(23)21-9-10-22-18(24)12-26-16-7-3-14(20)4-8-16/h1-8H,9-12H2,(H,21,23)(H,22,24). The first-order valence-electron chi connectivity index (χ1n) is 7.83. The zero-order valence-corrected chi connectivity index (χ0v) is 17.0.